The molecule has 0 atom stereocenters. The zero-order valence-electron chi connectivity index (χ0n) is 5.67. The first-order valence-electron chi connectivity index (χ1n) is 2.02. The second-order valence-electron chi connectivity index (χ2n) is 0.408. The molecule has 0 aromatic heterocycles. The van der Waals surface area contributed by atoms with E-state index in [4.69, 9.17) is 4.78 Å². The van der Waals surface area contributed by atoms with E-state index in [9.17, 15) is 0 Å². The van der Waals surface area contributed by atoms with E-state index in [1.54, 1.807) is 11.8 Å². The van der Waals surface area contributed by atoms with Crippen LogP contribution in [0.3, 0.4) is 0 Å². The zero-order chi connectivity index (χ0) is 6.71. The van der Waals surface area contributed by atoms with E-state index < -0.39 is 0 Å². The summed E-state index contributed by atoms with van der Waals surface area (Å²) >= 11 is 5.08. The number of nitrogens with one attached hydrogen (secondary N) is 1. The molecule has 54 valence electrons. The van der Waals surface area contributed by atoms with E-state index in [1.165, 1.54) is 0 Å². The second kappa shape index (κ2) is 72.6. The first kappa shape index (κ1) is 22.6. The van der Waals surface area contributed by atoms with Crippen molar-refractivity contribution in [3.63, 3.8) is 0 Å². The summed E-state index contributed by atoms with van der Waals surface area (Å²) in [7, 11) is 0. The van der Waals surface area contributed by atoms with Crippen LogP contribution in [-0.4, -0.2) is 12.5 Å². The molecule has 0 aromatic carbocycles. The predicted molar refractivity (Wildman–Crippen MR) is 40.9 cm³/mol. The minimum atomic E-state index is 0. The minimum absolute atomic E-state index is 0. The van der Waals surface area contributed by atoms with Gasteiger partial charge < -0.3 is 0 Å². The Hall–Kier alpha value is 1.63. The van der Waals surface area contributed by atoms with E-state index in [0.29, 0.717) is 0 Å². The molecule has 0 amide bonds. The van der Waals surface area contributed by atoms with Crippen molar-refractivity contribution >= 4 is 24.2 Å². The number of hydrogen-bond donors (Lipinski definition) is 1. The van der Waals surface area contributed by atoms with Gasteiger partial charge >= 0.3 is 0 Å². The van der Waals surface area contributed by atoms with Gasteiger partial charge in [0.25, 0.3) is 0 Å². The normalized spacial score (nSPS) is 3.50. The largest absolute Gasteiger partial charge is 0.235 e. The molecule has 0 spiro atoms. The molecule has 0 aliphatic heterocycles. The molecular weight excluding hydrogens is 166 g/mol. The van der Waals surface area contributed by atoms with Crippen molar-refractivity contribution in [3.8, 4) is 0 Å². The van der Waals surface area contributed by atoms with Gasteiger partial charge in [0.05, 0.1) is 0 Å². The fourth-order valence-electron chi connectivity index (χ4n) is 0. The molecule has 0 saturated carbocycles. The van der Waals surface area contributed by atoms with Crippen molar-refractivity contribution in [1.29, 1.82) is 4.78 Å². The topological polar surface area (TPSA) is 23.9 Å². The maximum absolute atomic E-state index is 5.33. The van der Waals surface area contributed by atoms with Crippen LogP contribution in [0.25, 0.3) is 0 Å². The van der Waals surface area contributed by atoms with Crippen LogP contribution in [0.1, 0.15) is 13.8 Å². The van der Waals surface area contributed by atoms with Crippen LogP contribution in [0.4, 0.5) is 0 Å². The third-order valence-corrected chi connectivity index (χ3v) is 0. The van der Waals surface area contributed by atoms with E-state index in [0.717, 1.165) is 0 Å². The Balaban J connectivity index is -0.0000000147. The molecule has 0 aromatic rings. The summed E-state index contributed by atoms with van der Waals surface area (Å²) < 4.78 is 5.33. The van der Waals surface area contributed by atoms with Gasteiger partial charge in [-0.15, -0.1) is 0 Å². The molecule has 1 nitrogen and oxygen atoms in total. The van der Waals surface area contributed by atoms with Crippen LogP contribution in [0.2, 0.25) is 0 Å². The quantitative estimate of drug-likeness (QED) is 0.617. The molecule has 0 rings (SSSR count). The average Bonchev–Trinajstić information content (AvgIpc) is 1.78. The average molecular weight is 179 g/mol. The number of thioether (sulfide) groups is 1. The maximum Gasteiger partial charge on any atom is 0.0324 e. The molecule has 0 saturated heterocycles. The van der Waals surface area contributed by atoms with Gasteiger partial charge in [0.2, 0.25) is 0 Å². The van der Waals surface area contributed by atoms with Crippen molar-refractivity contribution in [2.75, 3.05) is 12.5 Å². The molecule has 1 N–H and O–H groups in total. The fourth-order valence-corrected chi connectivity index (χ4v) is 0. The summed E-state index contributed by atoms with van der Waals surface area (Å²) in [5.41, 5.74) is 0. The van der Waals surface area contributed by atoms with Gasteiger partial charge in [0.15, 0.2) is 0 Å². The first-order chi connectivity index (χ1) is 3.41. The molecule has 0 radical (unpaired) electrons. The summed E-state index contributed by atoms with van der Waals surface area (Å²) in [5.74, 6) is 0. The van der Waals surface area contributed by atoms with Gasteiger partial charge in [-0.25, -0.2) is 4.78 Å². The summed E-state index contributed by atoms with van der Waals surface area (Å²) in [6, 6.07) is 0. The minimum Gasteiger partial charge on any atom is -0.235 e. The predicted octanol–water partition coefficient (Wildman–Crippen LogP) is 2.30. The van der Waals surface area contributed by atoms with E-state index in [1.807, 2.05) is 26.4 Å². The van der Waals surface area contributed by atoms with Crippen molar-refractivity contribution in [2.45, 2.75) is 13.8 Å². The number of rotatable bonds is 0. The van der Waals surface area contributed by atoms with Gasteiger partial charge in [-0.05, 0) is 12.5 Å². The molecule has 0 aliphatic carbocycles. The van der Waals surface area contributed by atoms with Crippen molar-refractivity contribution < 1.29 is 37.7 Å². The van der Waals surface area contributed by atoms with Crippen LogP contribution in [0.15, 0.2) is 0 Å². The third-order valence-electron chi connectivity index (χ3n) is 0. The Labute approximate surface area is 92.0 Å². The van der Waals surface area contributed by atoms with Crippen LogP contribution in [0.5, 0.6) is 0 Å². The monoisotopic (exact) mass is 179 g/mol. The Morgan fingerprint density at radius 3 is 1.12 bits per heavy atom. The Morgan fingerprint density at radius 1 is 1.12 bits per heavy atom. The molecule has 0 bridgehead atoms. The zero-order valence-corrected chi connectivity index (χ0v) is 8.01. The van der Waals surface area contributed by atoms with Gasteiger partial charge in [0.1, 0.15) is 0 Å². The summed E-state index contributed by atoms with van der Waals surface area (Å²) in [6.07, 6.45) is 4.08. The molecule has 0 aliphatic rings. The van der Waals surface area contributed by atoms with Crippen LogP contribution < -0.4 is 0 Å². The van der Waals surface area contributed by atoms with Gasteiger partial charge in [-0.1, -0.05) is 13.8 Å². The standard InChI is InChI=1S/C2H6S.C2H6.Ar.HNS/c1-3-2;1-2;;1-2/h1-2H3;1-2H3;;1H. The first-order valence-corrected chi connectivity index (χ1v) is 4.06. The number of hydrogen-bond acceptors (Lipinski definition) is 3. The van der Waals surface area contributed by atoms with Crippen LogP contribution >= 0.6 is 11.8 Å². The van der Waals surface area contributed by atoms with Crippen molar-refractivity contribution in [1.82, 2.24) is 0 Å². The van der Waals surface area contributed by atoms with E-state index >= 15 is 0 Å². The van der Waals surface area contributed by atoms with Gasteiger partial charge in [0, 0.05) is 50.2 Å². The van der Waals surface area contributed by atoms with E-state index in [2.05, 4.69) is 12.4 Å². The van der Waals surface area contributed by atoms with Gasteiger partial charge in [-0.3, -0.25) is 0 Å². The third kappa shape index (κ3) is 126. The van der Waals surface area contributed by atoms with Crippen molar-refractivity contribution in [2.24, 2.45) is 0 Å². The molecular formula is C4H13ArNS2. The fraction of sp³-hybridized carbons (Fsp3) is 1.00. The summed E-state index contributed by atoms with van der Waals surface area (Å²) in [5, 5.41) is 0. The van der Waals surface area contributed by atoms with Crippen molar-refractivity contribution in [3.05, 3.63) is 0 Å². The molecule has 4 heteroatoms. The SMILES string of the molecule is CC.CSC.N=S.[Ar]. The second-order valence-corrected chi connectivity index (χ2v) is 1.22. The molecule has 0 unspecified atom stereocenters. The molecule has 0 fully saturated rings. The molecule has 0 heterocycles. The Bertz CT molecular complexity index is 18.0. The Kier molecular flexibility index (Phi) is 205. The molecule has 8 heavy (non-hydrogen) atoms. The van der Waals surface area contributed by atoms with Gasteiger partial charge in [-0.2, -0.15) is 11.8 Å². The summed E-state index contributed by atoms with van der Waals surface area (Å²) in [6.45, 7) is 4.00. The Morgan fingerprint density at radius 2 is 1.12 bits per heavy atom. The maximum atomic E-state index is 5.33. The van der Waals surface area contributed by atoms with E-state index in [-0.39, 0.29) is 37.7 Å². The van der Waals surface area contributed by atoms with Crippen LogP contribution in [-0.2, 0) is 12.4 Å². The van der Waals surface area contributed by atoms with Crippen LogP contribution in [0, 0.1) is 42.5 Å². The smallest absolute Gasteiger partial charge is 0.0324 e. The summed E-state index contributed by atoms with van der Waals surface area (Å²) in [4.78, 5) is 0.